The SMILES string of the molecule is Cc1cccc(CC(=O)N2C3CCC2CC(O)C3)c1. The van der Waals surface area contributed by atoms with E-state index in [2.05, 4.69) is 24.0 Å². The Kier molecular flexibility index (Phi) is 3.31. The second-order valence-corrected chi connectivity index (χ2v) is 5.98. The van der Waals surface area contributed by atoms with Crippen molar-refractivity contribution in [1.82, 2.24) is 4.90 Å². The number of aliphatic hydroxyl groups excluding tert-OH is 1. The Labute approximate surface area is 114 Å². The molecule has 2 atom stereocenters. The van der Waals surface area contributed by atoms with Crippen LogP contribution in [0, 0.1) is 6.92 Å². The highest BCUT2D eigenvalue weighted by Crippen LogP contribution is 2.36. The smallest absolute Gasteiger partial charge is 0.227 e. The molecule has 2 bridgehead atoms. The third kappa shape index (κ3) is 2.52. The molecule has 0 spiro atoms. The van der Waals surface area contributed by atoms with E-state index >= 15 is 0 Å². The van der Waals surface area contributed by atoms with Gasteiger partial charge in [-0.15, -0.1) is 0 Å². The second kappa shape index (κ2) is 4.97. The third-order valence-electron chi connectivity index (χ3n) is 4.43. The van der Waals surface area contributed by atoms with Gasteiger partial charge in [-0.2, -0.15) is 0 Å². The van der Waals surface area contributed by atoms with Crippen LogP contribution in [0.1, 0.15) is 36.8 Å². The molecule has 2 aliphatic heterocycles. The predicted molar refractivity (Wildman–Crippen MR) is 73.8 cm³/mol. The van der Waals surface area contributed by atoms with Gasteiger partial charge in [0, 0.05) is 12.1 Å². The van der Waals surface area contributed by atoms with Crippen molar-refractivity contribution in [3.8, 4) is 0 Å². The average molecular weight is 259 g/mol. The van der Waals surface area contributed by atoms with Gasteiger partial charge in [-0.05, 0) is 38.2 Å². The zero-order valence-corrected chi connectivity index (χ0v) is 11.4. The van der Waals surface area contributed by atoms with Crippen LogP contribution in [0.2, 0.25) is 0 Å². The Morgan fingerprint density at radius 1 is 1.32 bits per heavy atom. The highest BCUT2D eigenvalue weighted by molar-refractivity contribution is 5.80. The van der Waals surface area contributed by atoms with E-state index in [0.29, 0.717) is 6.42 Å². The summed E-state index contributed by atoms with van der Waals surface area (Å²) < 4.78 is 0. The zero-order chi connectivity index (χ0) is 13.4. The molecule has 2 aliphatic rings. The van der Waals surface area contributed by atoms with Crippen molar-refractivity contribution < 1.29 is 9.90 Å². The number of hydrogen-bond acceptors (Lipinski definition) is 2. The summed E-state index contributed by atoms with van der Waals surface area (Å²) >= 11 is 0. The van der Waals surface area contributed by atoms with Crippen LogP contribution in [0.4, 0.5) is 0 Å². The number of nitrogens with zero attached hydrogens (tertiary/aromatic N) is 1. The second-order valence-electron chi connectivity index (χ2n) is 5.98. The summed E-state index contributed by atoms with van der Waals surface area (Å²) in [4.78, 5) is 14.5. The first-order valence-corrected chi connectivity index (χ1v) is 7.18. The van der Waals surface area contributed by atoms with Crippen molar-refractivity contribution >= 4 is 5.91 Å². The molecule has 2 heterocycles. The van der Waals surface area contributed by atoms with Gasteiger partial charge in [0.05, 0.1) is 12.5 Å². The molecule has 2 saturated heterocycles. The summed E-state index contributed by atoms with van der Waals surface area (Å²) in [6.45, 7) is 2.05. The fraction of sp³-hybridized carbons (Fsp3) is 0.562. The minimum absolute atomic E-state index is 0.208. The molecule has 3 nitrogen and oxygen atoms in total. The standard InChI is InChI=1S/C16H21NO2/c1-11-3-2-4-12(7-11)8-16(19)17-13-5-6-14(17)10-15(18)9-13/h2-4,7,13-15,18H,5-6,8-10H2,1H3. The fourth-order valence-electron chi connectivity index (χ4n) is 3.64. The Hall–Kier alpha value is -1.35. The first kappa shape index (κ1) is 12.7. The van der Waals surface area contributed by atoms with Crippen LogP contribution < -0.4 is 0 Å². The highest BCUT2D eigenvalue weighted by Gasteiger charge is 2.42. The summed E-state index contributed by atoms with van der Waals surface area (Å²) in [7, 11) is 0. The maximum atomic E-state index is 12.5. The molecule has 0 aromatic heterocycles. The third-order valence-corrected chi connectivity index (χ3v) is 4.43. The monoisotopic (exact) mass is 259 g/mol. The van der Waals surface area contributed by atoms with Gasteiger partial charge in [-0.1, -0.05) is 29.8 Å². The molecule has 1 N–H and O–H groups in total. The van der Waals surface area contributed by atoms with E-state index in [9.17, 15) is 9.90 Å². The summed E-state index contributed by atoms with van der Waals surface area (Å²) in [6, 6.07) is 8.70. The van der Waals surface area contributed by atoms with E-state index in [1.54, 1.807) is 0 Å². The number of hydrogen-bond donors (Lipinski definition) is 1. The zero-order valence-electron chi connectivity index (χ0n) is 11.4. The highest BCUT2D eigenvalue weighted by atomic mass is 16.3. The number of carbonyl (C=O) groups excluding carboxylic acids is 1. The molecule has 1 aromatic rings. The van der Waals surface area contributed by atoms with Crippen LogP contribution in [0.25, 0.3) is 0 Å². The van der Waals surface area contributed by atoms with Crippen LogP contribution >= 0.6 is 0 Å². The van der Waals surface area contributed by atoms with Gasteiger partial charge in [0.25, 0.3) is 0 Å². The Bertz CT molecular complexity index is 471. The predicted octanol–water partition coefficient (Wildman–Crippen LogP) is 2.05. The molecule has 1 amide bonds. The van der Waals surface area contributed by atoms with Crippen molar-refractivity contribution in [3.63, 3.8) is 0 Å². The maximum absolute atomic E-state index is 12.5. The molecule has 2 fully saturated rings. The molecule has 19 heavy (non-hydrogen) atoms. The lowest BCUT2D eigenvalue weighted by atomic mass is 9.98. The van der Waals surface area contributed by atoms with Crippen LogP contribution in [0.15, 0.2) is 24.3 Å². The average Bonchev–Trinajstić information content (AvgIpc) is 2.62. The van der Waals surface area contributed by atoms with Crippen LogP contribution in [0.5, 0.6) is 0 Å². The lowest BCUT2D eigenvalue weighted by molar-refractivity contribution is -0.136. The number of fused-ring (bicyclic) bond motifs is 2. The molecular weight excluding hydrogens is 238 g/mol. The molecule has 0 aliphatic carbocycles. The van der Waals surface area contributed by atoms with Gasteiger partial charge >= 0.3 is 0 Å². The minimum atomic E-state index is -0.208. The van der Waals surface area contributed by atoms with Gasteiger partial charge < -0.3 is 10.0 Å². The number of carbonyl (C=O) groups is 1. The topological polar surface area (TPSA) is 40.5 Å². The van der Waals surface area contributed by atoms with Crippen LogP contribution in [-0.4, -0.2) is 34.1 Å². The number of aryl methyl sites for hydroxylation is 1. The molecular formula is C16H21NO2. The number of rotatable bonds is 2. The van der Waals surface area contributed by atoms with Crippen molar-refractivity contribution in [1.29, 1.82) is 0 Å². The number of benzene rings is 1. The van der Waals surface area contributed by atoms with E-state index in [-0.39, 0.29) is 24.1 Å². The number of piperidine rings is 1. The normalized spacial score (nSPS) is 29.6. The molecule has 0 radical (unpaired) electrons. The lowest BCUT2D eigenvalue weighted by Gasteiger charge is -2.37. The van der Waals surface area contributed by atoms with Crippen molar-refractivity contribution in [2.24, 2.45) is 0 Å². The summed E-state index contributed by atoms with van der Waals surface area (Å²) in [6.07, 6.45) is 3.92. The van der Waals surface area contributed by atoms with Crippen molar-refractivity contribution in [3.05, 3.63) is 35.4 Å². The Balaban J connectivity index is 1.71. The summed E-state index contributed by atoms with van der Waals surface area (Å²) in [5.74, 6) is 0.227. The first-order valence-electron chi connectivity index (χ1n) is 7.18. The van der Waals surface area contributed by atoms with E-state index in [1.165, 1.54) is 5.56 Å². The van der Waals surface area contributed by atoms with Crippen molar-refractivity contribution in [2.45, 2.75) is 57.2 Å². The lowest BCUT2D eigenvalue weighted by Crippen LogP contribution is -2.48. The fourth-order valence-corrected chi connectivity index (χ4v) is 3.64. The van der Waals surface area contributed by atoms with Gasteiger partial charge in [0.15, 0.2) is 0 Å². The number of amides is 1. The Morgan fingerprint density at radius 3 is 2.63 bits per heavy atom. The molecule has 102 valence electrons. The molecule has 1 aromatic carbocycles. The summed E-state index contributed by atoms with van der Waals surface area (Å²) in [5.41, 5.74) is 2.29. The molecule has 2 unspecified atom stereocenters. The molecule has 3 heteroatoms. The van der Waals surface area contributed by atoms with E-state index in [4.69, 9.17) is 0 Å². The Morgan fingerprint density at radius 2 is 2.00 bits per heavy atom. The summed E-state index contributed by atoms with van der Waals surface area (Å²) in [5, 5.41) is 9.78. The van der Waals surface area contributed by atoms with Gasteiger partial charge in [0.1, 0.15) is 0 Å². The van der Waals surface area contributed by atoms with Gasteiger partial charge in [-0.25, -0.2) is 0 Å². The van der Waals surface area contributed by atoms with E-state index in [1.807, 2.05) is 12.1 Å². The quantitative estimate of drug-likeness (QED) is 0.883. The van der Waals surface area contributed by atoms with Crippen LogP contribution in [0.3, 0.4) is 0 Å². The van der Waals surface area contributed by atoms with Crippen molar-refractivity contribution in [2.75, 3.05) is 0 Å². The molecule has 0 saturated carbocycles. The van der Waals surface area contributed by atoms with E-state index < -0.39 is 0 Å². The van der Waals surface area contributed by atoms with Crippen LogP contribution in [-0.2, 0) is 11.2 Å². The first-order chi connectivity index (χ1) is 9.13. The largest absolute Gasteiger partial charge is 0.393 e. The number of aliphatic hydroxyl groups is 1. The maximum Gasteiger partial charge on any atom is 0.227 e. The molecule has 3 rings (SSSR count). The van der Waals surface area contributed by atoms with Gasteiger partial charge in [0.2, 0.25) is 5.91 Å². The van der Waals surface area contributed by atoms with Gasteiger partial charge in [-0.3, -0.25) is 4.79 Å². The minimum Gasteiger partial charge on any atom is -0.393 e. The van der Waals surface area contributed by atoms with E-state index in [0.717, 1.165) is 31.2 Å².